The summed E-state index contributed by atoms with van der Waals surface area (Å²) in [7, 11) is -0.147. The summed E-state index contributed by atoms with van der Waals surface area (Å²) >= 11 is 6.17. The molecule has 0 saturated carbocycles. The van der Waals surface area contributed by atoms with Gasteiger partial charge in [-0.05, 0) is 38.4 Å². The van der Waals surface area contributed by atoms with Crippen molar-refractivity contribution in [3.8, 4) is 0 Å². The van der Waals surface area contributed by atoms with Gasteiger partial charge in [0.25, 0.3) is 0 Å². The van der Waals surface area contributed by atoms with Crippen molar-refractivity contribution >= 4 is 18.5 Å². The maximum absolute atomic E-state index is 6.17. The van der Waals surface area contributed by atoms with E-state index in [1.54, 1.807) is 0 Å². The zero-order valence-electron chi connectivity index (χ0n) is 7.94. The van der Waals surface area contributed by atoms with Gasteiger partial charge in [0.15, 0.2) is 0 Å². The second kappa shape index (κ2) is 7.37. The number of hydrogen-bond donors (Lipinski definition) is 0. The second-order valence-corrected chi connectivity index (χ2v) is 6.70. The van der Waals surface area contributed by atoms with Crippen LogP contribution in [-0.2, 0) is 0 Å². The highest BCUT2D eigenvalue weighted by Gasteiger charge is 2.03. The number of hydrogen-bond acceptors (Lipinski definition) is 0. The maximum Gasteiger partial charge on any atom is -0.00972 e. The van der Waals surface area contributed by atoms with Gasteiger partial charge in [0.05, 0.1) is 0 Å². The van der Waals surface area contributed by atoms with Crippen molar-refractivity contribution in [3.05, 3.63) is 0 Å². The Kier molecular flexibility index (Phi) is 7.86. The lowest BCUT2D eigenvalue weighted by Crippen LogP contribution is -1.91. The van der Waals surface area contributed by atoms with Crippen LogP contribution in [0.3, 0.4) is 0 Å². The van der Waals surface area contributed by atoms with Crippen molar-refractivity contribution < 1.29 is 0 Å². The molecule has 0 N–H and O–H groups in total. The van der Waals surface area contributed by atoms with E-state index >= 15 is 0 Å². The van der Waals surface area contributed by atoms with Gasteiger partial charge in [-0.1, -0.05) is 38.4 Å². The van der Waals surface area contributed by atoms with E-state index in [1.807, 2.05) is 0 Å². The topological polar surface area (TPSA) is 0 Å². The molecule has 0 radical (unpaired) electrons. The lowest BCUT2D eigenvalue weighted by atomic mass is 10.2. The Bertz CT molecular complexity index is 83.6. The SMILES string of the molecule is CCCCP(Cl)CCC(C)C. The minimum atomic E-state index is -0.147. The van der Waals surface area contributed by atoms with Gasteiger partial charge in [0.1, 0.15) is 0 Å². The molecule has 0 aromatic rings. The number of unbranched alkanes of at least 4 members (excludes halogenated alkanes) is 1. The Hall–Kier alpha value is 0.720. The van der Waals surface area contributed by atoms with Crippen molar-refractivity contribution in [1.82, 2.24) is 0 Å². The van der Waals surface area contributed by atoms with Gasteiger partial charge in [-0.3, -0.25) is 0 Å². The molecular formula is C9H20ClP. The van der Waals surface area contributed by atoms with Gasteiger partial charge in [-0.25, -0.2) is 0 Å². The molecule has 0 aliphatic rings. The van der Waals surface area contributed by atoms with Gasteiger partial charge in [0.2, 0.25) is 0 Å². The van der Waals surface area contributed by atoms with Crippen molar-refractivity contribution in [3.63, 3.8) is 0 Å². The molecule has 0 aliphatic heterocycles. The zero-order valence-corrected chi connectivity index (χ0v) is 9.59. The molecule has 0 fully saturated rings. The minimum Gasteiger partial charge on any atom is -0.0964 e. The molecule has 0 rings (SSSR count). The Morgan fingerprint density at radius 1 is 1.27 bits per heavy atom. The summed E-state index contributed by atoms with van der Waals surface area (Å²) in [6, 6.07) is 0. The lowest BCUT2D eigenvalue weighted by molar-refractivity contribution is 0.630. The van der Waals surface area contributed by atoms with E-state index in [2.05, 4.69) is 20.8 Å². The molecule has 0 nitrogen and oxygen atoms in total. The van der Waals surface area contributed by atoms with Gasteiger partial charge >= 0.3 is 0 Å². The number of rotatable bonds is 6. The second-order valence-electron chi connectivity index (χ2n) is 3.45. The molecule has 0 heterocycles. The Balaban J connectivity index is 3.15. The summed E-state index contributed by atoms with van der Waals surface area (Å²) in [5.41, 5.74) is 0. The average molecular weight is 195 g/mol. The quantitative estimate of drug-likeness (QED) is 0.548. The highest BCUT2D eigenvalue weighted by Crippen LogP contribution is 2.43. The molecule has 68 valence electrons. The summed E-state index contributed by atoms with van der Waals surface area (Å²) in [6.07, 6.45) is 6.42. The van der Waals surface area contributed by atoms with Crippen LogP contribution in [-0.4, -0.2) is 12.3 Å². The first-order valence-corrected chi connectivity index (χ1v) is 7.19. The summed E-state index contributed by atoms with van der Waals surface area (Å²) < 4.78 is 0. The first-order valence-electron chi connectivity index (χ1n) is 4.57. The Morgan fingerprint density at radius 3 is 2.36 bits per heavy atom. The monoisotopic (exact) mass is 194 g/mol. The van der Waals surface area contributed by atoms with Crippen LogP contribution in [0.4, 0.5) is 0 Å². The predicted octanol–water partition coefficient (Wildman–Crippen LogP) is 4.47. The molecule has 0 bridgehead atoms. The lowest BCUT2D eigenvalue weighted by Gasteiger charge is -2.09. The fourth-order valence-corrected chi connectivity index (χ4v) is 3.17. The van der Waals surface area contributed by atoms with Crippen LogP contribution >= 0.6 is 18.5 Å². The molecule has 11 heavy (non-hydrogen) atoms. The van der Waals surface area contributed by atoms with Crippen LogP contribution < -0.4 is 0 Å². The normalized spacial score (nSPS) is 13.9. The van der Waals surface area contributed by atoms with Gasteiger partial charge in [-0.15, -0.1) is 0 Å². The fraction of sp³-hybridized carbons (Fsp3) is 1.00. The van der Waals surface area contributed by atoms with E-state index in [9.17, 15) is 0 Å². The molecule has 0 spiro atoms. The molecule has 0 aliphatic carbocycles. The van der Waals surface area contributed by atoms with Gasteiger partial charge in [-0.2, -0.15) is 0 Å². The highest BCUT2D eigenvalue weighted by molar-refractivity contribution is 7.83. The molecule has 0 saturated heterocycles. The van der Waals surface area contributed by atoms with Gasteiger partial charge in [0, 0.05) is 0 Å². The third-order valence-corrected chi connectivity index (χ3v) is 4.26. The Labute approximate surface area is 77.3 Å². The summed E-state index contributed by atoms with van der Waals surface area (Å²) in [6.45, 7) is 6.75. The van der Waals surface area contributed by atoms with Crippen LogP contribution in [0.15, 0.2) is 0 Å². The highest BCUT2D eigenvalue weighted by atomic mass is 35.7. The maximum atomic E-state index is 6.17. The number of halogens is 1. The smallest absolute Gasteiger partial charge is 0.00972 e. The standard InChI is InChI=1S/C9H20ClP/c1-4-5-7-11(10)8-6-9(2)3/h9H,4-8H2,1-3H3. The van der Waals surface area contributed by atoms with E-state index in [4.69, 9.17) is 11.2 Å². The van der Waals surface area contributed by atoms with Crippen LogP contribution in [0.25, 0.3) is 0 Å². The predicted molar refractivity (Wildman–Crippen MR) is 56.9 cm³/mol. The molecular weight excluding hydrogens is 175 g/mol. The van der Waals surface area contributed by atoms with Gasteiger partial charge < -0.3 is 0 Å². The summed E-state index contributed by atoms with van der Waals surface area (Å²) in [4.78, 5) is 0. The van der Waals surface area contributed by atoms with Crippen molar-refractivity contribution in [2.45, 2.75) is 40.0 Å². The average Bonchev–Trinajstić information content (AvgIpc) is 1.97. The molecule has 1 atom stereocenters. The zero-order chi connectivity index (χ0) is 8.69. The van der Waals surface area contributed by atoms with Crippen LogP contribution in [0.1, 0.15) is 40.0 Å². The van der Waals surface area contributed by atoms with Crippen molar-refractivity contribution in [1.29, 1.82) is 0 Å². The molecule has 1 unspecified atom stereocenters. The van der Waals surface area contributed by atoms with Crippen LogP contribution in [0, 0.1) is 5.92 Å². The first kappa shape index (κ1) is 11.7. The molecule has 0 amide bonds. The minimum absolute atomic E-state index is 0.147. The van der Waals surface area contributed by atoms with E-state index in [0.717, 1.165) is 5.92 Å². The van der Waals surface area contributed by atoms with E-state index in [1.165, 1.54) is 31.6 Å². The summed E-state index contributed by atoms with van der Waals surface area (Å²) in [5.74, 6) is 0.820. The molecule has 2 heteroatoms. The van der Waals surface area contributed by atoms with Crippen LogP contribution in [0.5, 0.6) is 0 Å². The van der Waals surface area contributed by atoms with Crippen LogP contribution in [0.2, 0.25) is 0 Å². The van der Waals surface area contributed by atoms with E-state index < -0.39 is 0 Å². The molecule has 0 aromatic carbocycles. The van der Waals surface area contributed by atoms with Crippen molar-refractivity contribution in [2.24, 2.45) is 5.92 Å². The van der Waals surface area contributed by atoms with Crippen molar-refractivity contribution in [2.75, 3.05) is 12.3 Å². The fourth-order valence-electron chi connectivity index (χ4n) is 0.840. The van der Waals surface area contributed by atoms with E-state index in [0.29, 0.717) is 0 Å². The van der Waals surface area contributed by atoms with E-state index in [-0.39, 0.29) is 7.27 Å². The largest absolute Gasteiger partial charge is 0.0964 e. The third-order valence-electron chi connectivity index (χ3n) is 1.70. The summed E-state index contributed by atoms with van der Waals surface area (Å²) in [5, 5.41) is 0. The molecule has 0 aromatic heterocycles. The Morgan fingerprint density at radius 2 is 1.91 bits per heavy atom. The first-order chi connectivity index (χ1) is 5.16. The third kappa shape index (κ3) is 8.63.